The third-order valence-electron chi connectivity index (χ3n) is 3.04. The Kier molecular flexibility index (Phi) is 4.15. The van der Waals surface area contributed by atoms with Crippen LogP contribution in [-0.4, -0.2) is 18.5 Å². The molecular weight excluding hydrogens is 212 g/mol. The second kappa shape index (κ2) is 5.82. The zero-order chi connectivity index (χ0) is 12.1. The minimum Gasteiger partial charge on any atom is -0.350 e. The van der Waals surface area contributed by atoms with Gasteiger partial charge >= 0.3 is 0 Å². The molecule has 1 saturated carbocycles. The highest BCUT2D eigenvalue weighted by Gasteiger charge is 2.20. The van der Waals surface area contributed by atoms with Crippen molar-refractivity contribution >= 4 is 5.91 Å². The summed E-state index contributed by atoms with van der Waals surface area (Å²) >= 11 is 0. The van der Waals surface area contributed by atoms with Gasteiger partial charge in [0.1, 0.15) is 0 Å². The van der Waals surface area contributed by atoms with Gasteiger partial charge in [-0.05, 0) is 25.3 Å². The lowest BCUT2D eigenvalue weighted by atomic mass is 10.1. The highest BCUT2D eigenvalue weighted by molar-refractivity contribution is 5.76. The first-order valence-corrected chi connectivity index (χ1v) is 6.33. The summed E-state index contributed by atoms with van der Waals surface area (Å²) in [5.74, 6) is 0.120. The van der Waals surface area contributed by atoms with E-state index < -0.39 is 0 Å². The molecule has 0 aliphatic heterocycles. The molecule has 17 heavy (non-hydrogen) atoms. The van der Waals surface area contributed by atoms with Crippen molar-refractivity contribution in [2.45, 2.75) is 38.3 Å². The molecular formula is C14H20N2O. The van der Waals surface area contributed by atoms with Gasteiger partial charge in [0.25, 0.3) is 0 Å². The Labute approximate surface area is 103 Å². The zero-order valence-electron chi connectivity index (χ0n) is 10.3. The van der Waals surface area contributed by atoms with Crippen molar-refractivity contribution in [2.24, 2.45) is 0 Å². The number of hydrogen-bond acceptors (Lipinski definition) is 2. The maximum absolute atomic E-state index is 11.7. The van der Waals surface area contributed by atoms with E-state index in [0.29, 0.717) is 12.5 Å². The molecule has 2 N–H and O–H groups in total. The van der Waals surface area contributed by atoms with Crippen molar-refractivity contribution in [3.63, 3.8) is 0 Å². The van der Waals surface area contributed by atoms with Crippen molar-refractivity contribution in [1.82, 2.24) is 10.6 Å². The maximum Gasteiger partial charge on any atom is 0.221 e. The molecule has 0 spiro atoms. The predicted octanol–water partition coefficient (Wildman–Crippen LogP) is 2.01. The van der Waals surface area contributed by atoms with Crippen LogP contribution in [0.25, 0.3) is 0 Å². The number of nitrogens with one attached hydrogen (secondary N) is 2. The van der Waals surface area contributed by atoms with Gasteiger partial charge in [0.05, 0.1) is 6.04 Å². The average Bonchev–Trinajstić information content (AvgIpc) is 3.14. The molecule has 1 unspecified atom stereocenters. The Balaban J connectivity index is 1.69. The second-order valence-electron chi connectivity index (χ2n) is 4.68. The fraction of sp³-hybridized carbons (Fsp3) is 0.500. The van der Waals surface area contributed by atoms with E-state index in [-0.39, 0.29) is 11.9 Å². The van der Waals surface area contributed by atoms with E-state index in [9.17, 15) is 4.79 Å². The first-order chi connectivity index (χ1) is 8.25. The number of hydrogen-bond donors (Lipinski definition) is 2. The highest BCUT2D eigenvalue weighted by atomic mass is 16.1. The van der Waals surface area contributed by atoms with Crippen LogP contribution in [0, 0.1) is 0 Å². The standard InChI is InChI=1S/C14H20N2O/c1-11(12-5-3-2-4-6-12)16-14(17)9-10-15-13-7-8-13/h2-6,11,13,15H,7-10H2,1H3,(H,16,17). The van der Waals surface area contributed by atoms with Crippen molar-refractivity contribution in [1.29, 1.82) is 0 Å². The molecule has 3 nitrogen and oxygen atoms in total. The number of amides is 1. The summed E-state index contributed by atoms with van der Waals surface area (Å²) in [5, 5.41) is 6.35. The Morgan fingerprint density at radius 2 is 2.06 bits per heavy atom. The molecule has 1 aromatic carbocycles. The molecule has 1 atom stereocenters. The molecule has 1 aromatic rings. The Bertz CT molecular complexity index is 360. The van der Waals surface area contributed by atoms with Crippen LogP contribution >= 0.6 is 0 Å². The predicted molar refractivity (Wildman–Crippen MR) is 68.6 cm³/mol. The largest absolute Gasteiger partial charge is 0.350 e. The third-order valence-corrected chi connectivity index (χ3v) is 3.04. The summed E-state index contributed by atoms with van der Waals surface area (Å²) in [6, 6.07) is 10.8. The number of carbonyl (C=O) groups excluding carboxylic acids is 1. The minimum absolute atomic E-state index is 0.0876. The maximum atomic E-state index is 11.7. The van der Waals surface area contributed by atoms with Crippen molar-refractivity contribution in [3.8, 4) is 0 Å². The van der Waals surface area contributed by atoms with Crippen molar-refractivity contribution < 1.29 is 4.79 Å². The molecule has 0 radical (unpaired) electrons. The van der Waals surface area contributed by atoms with E-state index in [1.165, 1.54) is 12.8 Å². The van der Waals surface area contributed by atoms with Gasteiger partial charge in [0.2, 0.25) is 5.91 Å². The fourth-order valence-electron chi connectivity index (χ4n) is 1.82. The normalized spacial score (nSPS) is 16.5. The molecule has 1 amide bonds. The lowest BCUT2D eigenvalue weighted by Gasteiger charge is -2.14. The summed E-state index contributed by atoms with van der Waals surface area (Å²) in [7, 11) is 0. The third kappa shape index (κ3) is 4.19. The highest BCUT2D eigenvalue weighted by Crippen LogP contribution is 2.18. The van der Waals surface area contributed by atoms with Gasteiger partial charge in [-0.2, -0.15) is 0 Å². The summed E-state index contributed by atoms with van der Waals surface area (Å²) in [5.41, 5.74) is 1.15. The quantitative estimate of drug-likeness (QED) is 0.787. The van der Waals surface area contributed by atoms with E-state index in [0.717, 1.165) is 12.1 Å². The Morgan fingerprint density at radius 1 is 1.35 bits per heavy atom. The SMILES string of the molecule is CC(NC(=O)CCNC1CC1)c1ccccc1. The Morgan fingerprint density at radius 3 is 2.71 bits per heavy atom. The molecule has 1 aliphatic rings. The lowest BCUT2D eigenvalue weighted by Crippen LogP contribution is -2.30. The monoisotopic (exact) mass is 232 g/mol. The van der Waals surface area contributed by atoms with Crippen molar-refractivity contribution in [2.75, 3.05) is 6.54 Å². The molecule has 3 heteroatoms. The van der Waals surface area contributed by atoms with Crippen LogP contribution in [0.1, 0.15) is 37.8 Å². The van der Waals surface area contributed by atoms with Gasteiger partial charge in [-0.1, -0.05) is 30.3 Å². The van der Waals surface area contributed by atoms with E-state index in [1.54, 1.807) is 0 Å². The molecule has 92 valence electrons. The van der Waals surface area contributed by atoms with Gasteiger partial charge in [0.15, 0.2) is 0 Å². The van der Waals surface area contributed by atoms with Gasteiger partial charge in [-0.3, -0.25) is 4.79 Å². The van der Waals surface area contributed by atoms with E-state index in [4.69, 9.17) is 0 Å². The van der Waals surface area contributed by atoms with Gasteiger partial charge < -0.3 is 10.6 Å². The van der Waals surface area contributed by atoms with Gasteiger partial charge in [-0.15, -0.1) is 0 Å². The first-order valence-electron chi connectivity index (χ1n) is 6.33. The molecule has 0 aromatic heterocycles. The van der Waals surface area contributed by atoms with Gasteiger partial charge in [-0.25, -0.2) is 0 Å². The number of rotatable bonds is 6. The van der Waals surface area contributed by atoms with Gasteiger partial charge in [0, 0.05) is 19.0 Å². The smallest absolute Gasteiger partial charge is 0.221 e. The van der Waals surface area contributed by atoms with E-state index in [1.807, 2.05) is 37.3 Å². The lowest BCUT2D eigenvalue weighted by molar-refractivity contribution is -0.121. The summed E-state index contributed by atoms with van der Waals surface area (Å²) < 4.78 is 0. The van der Waals surface area contributed by atoms with Crippen molar-refractivity contribution in [3.05, 3.63) is 35.9 Å². The summed E-state index contributed by atoms with van der Waals surface area (Å²) in [6.07, 6.45) is 3.09. The average molecular weight is 232 g/mol. The zero-order valence-corrected chi connectivity index (χ0v) is 10.3. The van der Waals surface area contributed by atoms with Crippen LogP contribution in [0.5, 0.6) is 0 Å². The fourth-order valence-corrected chi connectivity index (χ4v) is 1.82. The molecule has 1 fully saturated rings. The number of carbonyl (C=O) groups is 1. The van der Waals surface area contributed by atoms with E-state index in [2.05, 4.69) is 10.6 Å². The molecule has 2 rings (SSSR count). The minimum atomic E-state index is 0.0876. The van der Waals surface area contributed by atoms with Crippen LogP contribution in [0.3, 0.4) is 0 Å². The van der Waals surface area contributed by atoms with Crippen LogP contribution in [0.4, 0.5) is 0 Å². The Hall–Kier alpha value is -1.35. The summed E-state index contributed by atoms with van der Waals surface area (Å²) in [6.45, 7) is 2.81. The summed E-state index contributed by atoms with van der Waals surface area (Å²) in [4.78, 5) is 11.7. The first kappa shape index (κ1) is 12.1. The van der Waals surface area contributed by atoms with Crippen LogP contribution in [-0.2, 0) is 4.79 Å². The van der Waals surface area contributed by atoms with Crippen LogP contribution in [0.15, 0.2) is 30.3 Å². The molecule has 0 heterocycles. The number of benzene rings is 1. The van der Waals surface area contributed by atoms with Crippen LogP contribution < -0.4 is 10.6 Å². The molecule has 1 aliphatic carbocycles. The molecule has 0 saturated heterocycles. The molecule has 0 bridgehead atoms. The van der Waals surface area contributed by atoms with Crippen LogP contribution in [0.2, 0.25) is 0 Å². The van der Waals surface area contributed by atoms with E-state index >= 15 is 0 Å². The topological polar surface area (TPSA) is 41.1 Å². The second-order valence-corrected chi connectivity index (χ2v) is 4.68.